The highest BCUT2D eigenvalue weighted by Gasteiger charge is 2.21. The van der Waals surface area contributed by atoms with Gasteiger partial charge in [0.15, 0.2) is 15.6 Å². The van der Waals surface area contributed by atoms with Gasteiger partial charge in [-0.3, -0.25) is 9.59 Å². The first-order chi connectivity index (χ1) is 11.6. The van der Waals surface area contributed by atoms with Crippen LogP contribution in [0.2, 0.25) is 0 Å². The van der Waals surface area contributed by atoms with Gasteiger partial charge in [0, 0.05) is 19.2 Å². The molecule has 8 heteroatoms. The lowest BCUT2D eigenvalue weighted by Gasteiger charge is -2.07. The predicted octanol–water partition coefficient (Wildman–Crippen LogP) is 2.18. The van der Waals surface area contributed by atoms with E-state index in [1.807, 2.05) is 0 Å². The van der Waals surface area contributed by atoms with Crippen molar-refractivity contribution < 1.29 is 22.4 Å². The van der Waals surface area contributed by atoms with E-state index in [-0.39, 0.29) is 23.0 Å². The van der Waals surface area contributed by atoms with Crippen molar-refractivity contribution in [2.24, 2.45) is 0 Å². The van der Waals surface area contributed by atoms with E-state index >= 15 is 0 Å². The molecule has 1 heterocycles. The van der Waals surface area contributed by atoms with Crippen molar-refractivity contribution in [1.29, 1.82) is 0 Å². The van der Waals surface area contributed by atoms with Crippen molar-refractivity contribution in [2.75, 3.05) is 12.3 Å². The summed E-state index contributed by atoms with van der Waals surface area (Å²) in [4.78, 5) is 26.7. The number of aromatic nitrogens is 1. The van der Waals surface area contributed by atoms with Gasteiger partial charge < -0.3 is 10.3 Å². The lowest BCUT2D eigenvalue weighted by Crippen LogP contribution is -2.29. The van der Waals surface area contributed by atoms with Crippen molar-refractivity contribution in [2.45, 2.75) is 25.7 Å². The molecular formula is C17H19FN2O4S. The Balaban J connectivity index is 2.06. The van der Waals surface area contributed by atoms with E-state index in [2.05, 4.69) is 10.3 Å². The minimum absolute atomic E-state index is 0.00368. The molecule has 1 aromatic heterocycles. The summed E-state index contributed by atoms with van der Waals surface area (Å²) >= 11 is 0. The Kier molecular flexibility index (Phi) is 5.42. The van der Waals surface area contributed by atoms with Crippen LogP contribution < -0.4 is 5.32 Å². The molecule has 0 radical (unpaired) electrons. The second-order valence-electron chi connectivity index (χ2n) is 5.71. The minimum atomic E-state index is -3.63. The number of hydrogen-bond donors (Lipinski definition) is 2. The van der Waals surface area contributed by atoms with Crippen LogP contribution in [0.1, 0.15) is 39.0 Å². The summed E-state index contributed by atoms with van der Waals surface area (Å²) in [5.74, 6) is -1.47. The Morgan fingerprint density at radius 3 is 2.28 bits per heavy atom. The molecule has 2 N–H and O–H groups in total. The highest BCUT2D eigenvalue weighted by molar-refractivity contribution is 7.91. The third-order valence-corrected chi connectivity index (χ3v) is 5.58. The molecule has 0 aliphatic heterocycles. The number of carbonyl (C=O) groups excluding carboxylic acids is 2. The van der Waals surface area contributed by atoms with Crippen LogP contribution in [0.3, 0.4) is 0 Å². The number of sulfone groups is 1. The monoisotopic (exact) mass is 366 g/mol. The van der Waals surface area contributed by atoms with Crippen LogP contribution in [0.15, 0.2) is 29.2 Å². The number of halogens is 1. The van der Waals surface area contributed by atoms with E-state index in [0.29, 0.717) is 22.5 Å². The van der Waals surface area contributed by atoms with E-state index < -0.39 is 21.6 Å². The quantitative estimate of drug-likeness (QED) is 0.605. The number of hydrogen-bond acceptors (Lipinski definition) is 4. The Labute approximate surface area is 145 Å². The first-order valence-corrected chi connectivity index (χ1v) is 9.25. The normalized spacial score (nSPS) is 11.4. The Hall–Kier alpha value is -2.48. The van der Waals surface area contributed by atoms with Gasteiger partial charge in [-0.05, 0) is 43.7 Å². The summed E-state index contributed by atoms with van der Waals surface area (Å²) in [6.45, 7) is 4.63. The van der Waals surface area contributed by atoms with E-state index in [9.17, 15) is 22.4 Å². The molecule has 2 aromatic rings. The number of carbonyl (C=O) groups is 2. The van der Waals surface area contributed by atoms with Crippen molar-refractivity contribution in [3.05, 3.63) is 52.6 Å². The van der Waals surface area contributed by atoms with Gasteiger partial charge in [0.2, 0.25) is 0 Å². The fraction of sp³-hybridized carbons (Fsp3) is 0.294. The Bertz CT molecular complexity index is 915. The molecule has 134 valence electrons. The Morgan fingerprint density at radius 2 is 1.76 bits per heavy atom. The van der Waals surface area contributed by atoms with Crippen molar-refractivity contribution in [1.82, 2.24) is 10.3 Å². The molecule has 0 aliphatic carbocycles. The largest absolute Gasteiger partial charge is 0.355 e. The van der Waals surface area contributed by atoms with Crippen LogP contribution in [-0.4, -0.2) is 37.4 Å². The number of amides is 1. The number of rotatable bonds is 6. The van der Waals surface area contributed by atoms with Crippen LogP contribution in [0.5, 0.6) is 0 Å². The molecule has 0 atom stereocenters. The SMILES string of the molecule is CC(=O)c1[nH]c(C)c(C(=O)NCCS(=O)(=O)c2ccc(F)cc2)c1C. The van der Waals surface area contributed by atoms with Crippen LogP contribution in [0.25, 0.3) is 0 Å². The zero-order valence-electron chi connectivity index (χ0n) is 14.1. The highest BCUT2D eigenvalue weighted by Crippen LogP contribution is 2.18. The van der Waals surface area contributed by atoms with Crippen molar-refractivity contribution in [3.8, 4) is 0 Å². The topological polar surface area (TPSA) is 96.1 Å². The number of aryl methyl sites for hydroxylation is 1. The van der Waals surface area contributed by atoms with Gasteiger partial charge in [-0.2, -0.15) is 0 Å². The van der Waals surface area contributed by atoms with Crippen LogP contribution in [0, 0.1) is 19.7 Å². The molecule has 0 fully saturated rings. The summed E-state index contributed by atoms with van der Waals surface area (Å²) in [6, 6.07) is 4.51. The predicted molar refractivity (Wildman–Crippen MR) is 91.1 cm³/mol. The third kappa shape index (κ3) is 4.14. The number of ketones is 1. The van der Waals surface area contributed by atoms with Crippen LogP contribution in [-0.2, 0) is 9.84 Å². The average molecular weight is 366 g/mol. The molecule has 0 unspecified atom stereocenters. The molecule has 0 bridgehead atoms. The Morgan fingerprint density at radius 1 is 1.16 bits per heavy atom. The fourth-order valence-corrected chi connectivity index (χ4v) is 3.75. The molecule has 0 saturated heterocycles. The van der Waals surface area contributed by atoms with Gasteiger partial charge in [0.1, 0.15) is 5.82 Å². The first-order valence-electron chi connectivity index (χ1n) is 7.60. The average Bonchev–Trinajstić information content (AvgIpc) is 2.82. The van der Waals surface area contributed by atoms with E-state index in [0.717, 1.165) is 12.1 Å². The maximum atomic E-state index is 12.9. The standard InChI is InChI=1S/C17H19FN2O4S/c1-10-15(11(2)20-16(10)12(3)21)17(22)19-8-9-25(23,24)14-6-4-13(18)5-7-14/h4-7,20H,8-9H2,1-3H3,(H,19,22). The fourth-order valence-electron chi connectivity index (χ4n) is 2.59. The maximum absolute atomic E-state index is 12.9. The van der Waals surface area contributed by atoms with Gasteiger partial charge in [-0.15, -0.1) is 0 Å². The minimum Gasteiger partial charge on any atom is -0.355 e. The van der Waals surface area contributed by atoms with Crippen LogP contribution in [0.4, 0.5) is 4.39 Å². The smallest absolute Gasteiger partial charge is 0.253 e. The molecule has 2 rings (SSSR count). The molecule has 1 aromatic carbocycles. The summed E-state index contributed by atoms with van der Waals surface area (Å²) < 4.78 is 37.2. The van der Waals surface area contributed by atoms with Crippen LogP contribution >= 0.6 is 0 Å². The number of aromatic amines is 1. The second-order valence-corrected chi connectivity index (χ2v) is 7.82. The first kappa shape index (κ1) is 18.9. The molecule has 0 spiro atoms. The molecule has 6 nitrogen and oxygen atoms in total. The third-order valence-electron chi connectivity index (χ3n) is 3.85. The van der Waals surface area contributed by atoms with Gasteiger partial charge in [-0.25, -0.2) is 12.8 Å². The zero-order chi connectivity index (χ0) is 18.8. The van der Waals surface area contributed by atoms with Crippen molar-refractivity contribution >= 4 is 21.5 Å². The lowest BCUT2D eigenvalue weighted by atomic mass is 10.1. The number of H-pyrrole nitrogens is 1. The summed E-state index contributed by atoms with van der Waals surface area (Å²) in [5, 5.41) is 2.55. The van der Waals surface area contributed by atoms with E-state index in [1.165, 1.54) is 19.1 Å². The molecule has 1 amide bonds. The molecule has 25 heavy (non-hydrogen) atoms. The lowest BCUT2D eigenvalue weighted by molar-refractivity contribution is 0.0955. The van der Waals surface area contributed by atoms with Crippen molar-refractivity contribution in [3.63, 3.8) is 0 Å². The van der Waals surface area contributed by atoms with Gasteiger partial charge >= 0.3 is 0 Å². The summed E-state index contributed by atoms with van der Waals surface area (Å²) in [6.07, 6.45) is 0. The van der Waals surface area contributed by atoms with E-state index in [1.54, 1.807) is 13.8 Å². The van der Waals surface area contributed by atoms with Gasteiger partial charge in [0.05, 0.1) is 21.9 Å². The van der Waals surface area contributed by atoms with Gasteiger partial charge in [0.25, 0.3) is 5.91 Å². The van der Waals surface area contributed by atoms with E-state index in [4.69, 9.17) is 0 Å². The van der Waals surface area contributed by atoms with Gasteiger partial charge in [-0.1, -0.05) is 0 Å². The molecule has 0 aliphatic rings. The summed E-state index contributed by atoms with van der Waals surface area (Å²) in [7, 11) is -3.63. The molecular weight excluding hydrogens is 347 g/mol. The maximum Gasteiger partial charge on any atom is 0.253 e. The molecule has 0 saturated carbocycles. The second kappa shape index (κ2) is 7.18. The summed E-state index contributed by atoms with van der Waals surface area (Å²) in [5.41, 5.74) is 1.77. The number of Topliss-reactive ketones (excluding diaryl/α,β-unsaturated/α-hetero) is 1. The zero-order valence-corrected chi connectivity index (χ0v) is 15.0. The number of nitrogens with one attached hydrogen (secondary N) is 2. The number of benzene rings is 1. The highest BCUT2D eigenvalue weighted by atomic mass is 32.2.